The molecule has 4 heteroatoms. The molecule has 0 aliphatic carbocycles. The lowest BCUT2D eigenvalue weighted by Gasteiger charge is -2.05. The van der Waals surface area contributed by atoms with Gasteiger partial charge in [-0.2, -0.15) is 0 Å². The van der Waals surface area contributed by atoms with Crippen molar-refractivity contribution in [2.24, 2.45) is 0 Å². The minimum atomic E-state index is -3.13. The zero-order valence-corrected chi connectivity index (χ0v) is 12.1. The van der Waals surface area contributed by atoms with E-state index in [2.05, 4.69) is 15.9 Å². The second kappa shape index (κ2) is 5.67. The normalized spacial score (nSPS) is 11.4. The van der Waals surface area contributed by atoms with Gasteiger partial charge in [0.05, 0.1) is 11.5 Å². The lowest BCUT2D eigenvalue weighted by atomic mass is 10.2. The van der Waals surface area contributed by atoms with Gasteiger partial charge in [0.2, 0.25) is 0 Å². The first kappa shape index (κ1) is 13.3. The predicted molar refractivity (Wildman–Crippen MR) is 76.9 cm³/mol. The first-order valence-corrected chi connectivity index (χ1v) is 8.15. The largest absolute Gasteiger partial charge is 0.228 e. The molecule has 0 atom stereocenters. The standard InChI is InChI=1S/C14H13BrO2S/c15-14-8-4-7-13(9-14)11-18(16,17)10-12-5-2-1-3-6-12/h1-9H,10-11H2. The summed E-state index contributed by atoms with van der Waals surface area (Å²) in [6, 6.07) is 16.6. The zero-order valence-electron chi connectivity index (χ0n) is 9.71. The van der Waals surface area contributed by atoms with E-state index in [0.717, 1.165) is 15.6 Å². The molecule has 0 saturated carbocycles. The fourth-order valence-corrected chi connectivity index (χ4v) is 3.70. The van der Waals surface area contributed by atoms with Crippen molar-refractivity contribution in [3.05, 3.63) is 70.2 Å². The maximum atomic E-state index is 12.1. The van der Waals surface area contributed by atoms with Gasteiger partial charge < -0.3 is 0 Å². The molecule has 0 fully saturated rings. The van der Waals surface area contributed by atoms with Crippen LogP contribution in [0.5, 0.6) is 0 Å². The van der Waals surface area contributed by atoms with Crippen molar-refractivity contribution in [2.45, 2.75) is 11.5 Å². The van der Waals surface area contributed by atoms with Gasteiger partial charge in [0, 0.05) is 4.47 Å². The van der Waals surface area contributed by atoms with Crippen LogP contribution < -0.4 is 0 Å². The number of rotatable bonds is 4. The van der Waals surface area contributed by atoms with Crippen molar-refractivity contribution in [2.75, 3.05) is 0 Å². The Labute approximate surface area is 116 Å². The molecule has 0 amide bonds. The van der Waals surface area contributed by atoms with Crippen molar-refractivity contribution < 1.29 is 8.42 Å². The highest BCUT2D eigenvalue weighted by Crippen LogP contribution is 2.16. The average Bonchev–Trinajstić information content (AvgIpc) is 2.28. The molecule has 2 aromatic rings. The number of halogens is 1. The molecule has 0 heterocycles. The highest BCUT2D eigenvalue weighted by Gasteiger charge is 2.13. The summed E-state index contributed by atoms with van der Waals surface area (Å²) in [7, 11) is -3.13. The van der Waals surface area contributed by atoms with Crippen LogP contribution in [0, 0.1) is 0 Å². The third-order valence-electron chi connectivity index (χ3n) is 2.51. The van der Waals surface area contributed by atoms with Gasteiger partial charge in [-0.3, -0.25) is 0 Å². The van der Waals surface area contributed by atoms with Crippen molar-refractivity contribution in [1.82, 2.24) is 0 Å². The van der Waals surface area contributed by atoms with Gasteiger partial charge in [-0.15, -0.1) is 0 Å². The molecule has 0 saturated heterocycles. The van der Waals surface area contributed by atoms with Crippen molar-refractivity contribution >= 4 is 25.8 Å². The summed E-state index contributed by atoms with van der Waals surface area (Å²) in [5.41, 5.74) is 1.63. The van der Waals surface area contributed by atoms with Crippen molar-refractivity contribution in [3.63, 3.8) is 0 Å². The van der Waals surface area contributed by atoms with Crippen molar-refractivity contribution in [3.8, 4) is 0 Å². The molecule has 0 spiro atoms. The van der Waals surface area contributed by atoms with Crippen LogP contribution in [-0.4, -0.2) is 8.42 Å². The SMILES string of the molecule is O=S(=O)(Cc1ccccc1)Cc1cccc(Br)c1. The quantitative estimate of drug-likeness (QED) is 0.861. The third-order valence-corrected chi connectivity index (χ3v) is 4.54. The third kappa shape index (κ3) is 3.96. The van der Waals surface area contributed by atoms with Crippen LogP contribution in [0.25, 0.3) is 0 Å². The predicted octanol–water partition coefficient (Wildman–Crippen LogP) is 3.56. The molecular formula is C14H13BrO2S. The van der Waals surface area contributed by atoms with E-state index in [0.29, 0.717) is 0 Å². The van der Waals surface area contributed by atoms with Crippen molar-refractivity contribution in [1.29, 1.82) is 0 Å². The van der Waals surface area contributed by atoms with E-state index >= 15 is 0 Å². The zero-order chi connectivity index (χ0) is 13.0. The second-order valence-corrected chi connectivity index (χ2v) is 7.13. The summed E-state index contributed by atoms with van der Waals surface area (Å²) < 4.78 is 25.0. The Morgan fingerprint density at radius 2 is 1.44 bits per heavy atom. The Morgan fingerprint density at radius 3 is 2.11 bits per heavy atom. The van der Waals surface area contributed by atoms with E-state index in [1.807, 2.05) is 54.6 Å². The molecule has 0 radical (unpaired) electrons. The maximum Gasteiger partial charge on any atom is 0.158 e. The molecule has 2 aromatic carbocycles. The lowest BCUT2D eigenvalue weighted by Crippen LogP contribution is -2.07. The molecule has 2 nitrogen and oxygen atoms in total. The molecule has 2 rings (SSSR count). The van der Waals surface area contributed by atoms with Crippen LogP contribution in [0.4, 0.5) is 0 Å². The molecular weight excluding hydrogens is 312 g/mol. The number of hydrogen-bond donors (Lipinski definition) is 0. The highest BCUT2D eigenvalue weighted by atomic mass is 79.9. The Hall–Kier alpha value is -1.13. The van der Waals surface area contributed by atoms with Gasteiger partial charge in [-0.1, -0.05) is 58.4 Å². The van der Waals surface area contributed by atoms with E-state index in [-0.39, 0.29) is 11.5 Å². The van der Waals surface area contributed by atoms with Crippen LogP contribution in [0.1, 0.15) is 11.1 Å². The average molecular weight is 325 g/mol. The summed E-state index contributed by atoms with van der Waals surface area (Å²) in [6.45, 7) is 0. The smallest absolute Gasteiger partial charge is 0.158 e. The summed E-state index contributed by atoms with van der Waals surface area (Å²) in [5.74, 6) is 0.154. The molecule has 0 unspecified atom stereocenters. The topological polar surface area (TPSA) is 34.1 Å². The first-order valence-electron chi connectivity index (χ1n) is 5.54. The maximum absolute atomic E-state index is 12.1. The lowest BCUT2D eigenvalue weighted by molar-refractivity contribution is 0.594. The van der Waals surface area contributed by atoms with Gasteiger partial charge in [0.25, 0.3) is 0 Å². The molecule has 0 bridgehead atoms. The molecule has 0 aliphatic rings. The van der Waals surface area contributed by atoms with E-state index in [4.69, 9.17) is 0 Å². The summed E-state index contributed by atoms with van der Waals surface area (Å²) >= 11 is 3.34. The Bertz CT molecular complexity index is 621. The molecule has 0 N–H and O–H groups in total. The fraction of sp³-hybridized carbons (Fsp3) is 0.143. The van der Waals surface area contributed by atoms with Crippen LogP contribution in [0.15, 0.2) is 59.1 Å². The number of sulfone groups is 1. The molecule has 0 aliphatic heterocycles. The van der Waals surface area contributed by atoms with Crippen LogP contribution in [-0.2, 0) is 21.3 Å². The summed E-state index contributed by atoms with van der Waals surface area (Å²) in [6.07, 6.45) is 0. The van der Waals surface area contributed by atoms with Crippen LogP contribution >= 0.6 is 15.9 Å². The molecule has 18 heavy (non-hydrogen) atoms. The van der Waals surface area contributed by atoms with E-state index in [9.17, 15) is 8.42 Å². The Kier molecular flexibility index (Phi) is 4.19. The fourth-order valence-electron chi connectivity index (χ4n) is 1.76. The number of hydrogen-bond acceptors (Lipinski definition) is 2. The van der Waals surface area contributed by atoms with E-state index in [1.165, 1.54) is 0 Å². The van der Waals surface area contributed by atoms with Crippen LogP contribution in [0.2, 0.25) is 0 Å². The van der Waals surface area contributed by atoms with E-state index in [1.54, 1.807) is 0 Å². The van der Waals surface area contributed by atoms with Gasteiger partial charge in [-0.05, 0) is 23.3 Å². The summed E-state index contributed by atoms with van der Waals surface area (Å²) in [4.78, 5) is 0. The van der Waals surface area contributed by atoms with Gasteiger partial charge in [-0.25, -0.2) is 8.42 Å². The minimum absolute atomic E-state index is 0.0708. The molecule has 0 aromatic heterocycles. The summed E-state index contributed by atoms with van der Waals surface area (Å²) in [5, 5.41) is 0. The Balaban J connectivity index is 2.13. The second-order valence-electron chi connectivity index (χ2n) is 4.15. The Morgan fingerprint density at radius 1 is 0.833 bits per heavy atom. The minimum Gasteiger partial charge on any atom is -0.228 e. The van der Waals surface area contributed by atoms with Gasteiger partial charge >= 0.3 is 0 Å². The monoisotopic (exact) mass is 324 g/mol. The molecule has 94 valence electrons. The van der Waals surface area contributed by atoms with Gasteiger partial charge in [0.15, 0.2) is 9.84 Å². The van der Waals surface area contributed by atoms with Gasteiger partial charge in [0.1, 0.15) is 0 Å². The highest BCUT2D eigenvalue weighted by molar-refractivity contribution is 9.10. The van der Waals surface area contributed by atoms with Crippen LogP contribution in [0.3, 0.4) is 0 Å². The first-order chi connectivity index (χ1) is 8.55. The van der Waals surface area contributed by atoms with E-state index < -0.39 is 9.84 Å². The number of benzene rings is 2.